The van der Waals surface area contributed by atoms with Crippen molar-refractivity contribution in [3.63, 3.8) is 0 Å². The van der Waals surface area contributed by atoms with Crippen molar-refractivity contribution in [2.24, 2.45) is 0 Å². The van der Waals surface area contributed by atoms with Crippen molar-refractivity contribution in [1.29, 1.82) is 0 Å². The van der Waals surface area contributed by atoms with Crippen LogP contribution in [-0.4, -0.2) is 54.3 Å². The Balaban J connectivity index is 2.98. The van der Waals surface area contributed by atoms with Crippen LogP contribution in [0.25, 0.3) is 0 Å². The van der Waals surface area contributed by atoms with E-state index in [-0.39, 0.29) is 24.6 Å². The molecule has 3 N–H and O–H groups in total. The Morgan fingerprint density at radius 3 is 2.54 bits per heavy atom. The van der Waals surface area contributed by atoms with Gasteiger partial charge in [0, 0.05) is 22.1 Å². The molecule has 9 heteroatoms. The Kier molecular flexibility index (Phi) is 10.1. The molecule has 0 aliphatic rings. The molecule has 0 heterocycles. The van der Waals surface area contributed by atoms with Crippen molar-refractivity contribution in [1.82, 2.24) is 10.6 Å². The lowest BCUT2D eigenvalue weighted by Crippen LogP contribution is -2.43. The minimum absolute atomic E-state index is 0.175. The number of halogens is 1. The number of nitrogens with one attached hydrogen (secondary N) is 2. The van der Waals surface area contributed by atoms with Gasteiger partial charge in [0.1, 0.15) is 6.04 Å². The third-order valence-corrected chi connectivity index (χ3v) is 5.07. The van der Waals surface area contributed by atoms with Crippen molar-refractivity contribution in [3.8, 4) is 11.5 Å². The third kappa shape index (κ3) is 8.28. The lowest BCUT2D eigenvalue weighted by atomic mass is 10.1. The van der Waals surface area contributed by atoms with Gasteiger partial charge in [0.15, 0.2) is 18.1 Å². The molecular weight excluding hydrogens is 448 g/mol. The molecule has 0 aromatic heterocycles. The maximum absolute atomic E-state index is 12.1. The zero-order valence-electron chi connectivity index (χ0n) is 16.9. The second kappa shape index (κ2) is 11.5. The predicted molar refractivity (Wildman–Crippen MR) is 115 cm³/mol. The van der Waals surface area contributed by atoms with Crippen LogP contribution in [-0.2, 0) is 16.1 Å². The molecule has 0 bridgehead atoms. The maximum Gasteiger partial charge on any atom is 0.320 e. The first-order chi connectivity index (χ1) is 13.1. The fraction of sp³-hybridized carbons (Fsp3) is 0.579. The number of ether oxygens (including phenoxy) is 2. The highest BCUT2D eigenvalue weighted by atomic mass is 79.9. The summed E-state index contributed by atoms with van der Waals surface area (Å²) in [5.74, 6) is 0.457. The smallest absolute Gasteiger partial charge is 0.320 e. The number of thioether (sulfide) groups is 1. The van der Waals surface area contributed by atoms with Crippen LogP contribution in [0.3, 0.4) is 0 Å². The van der Waals surface area contributed by atoms with E-state index in [9.17, 15) is 14.7 Å². The van der Waals surface area contributed by atoms with Gasteiger partial charge in [-0.05, 0) is 51.3 Å². The normalized spacial score (nSPS) is 12.4. The van der Waals surface area contributed by atoms with Crippen molar-refractivity contribution >= 4 is 39.6 Å². The van der Waals surface area contributed by atoms with Gasteiger partial charge in [-0.3, -0.25) is 9.59 Å². The van der Waals surface area contributed by atoms with Crippen LogP contribution < -0.4 is 20.1 Å². The number of carbonyl (C=O) groups is 2. The standard InChI is InChI=1S/C19H29BrN2O5S/c1-19(2,3)22-16(23)11-27-17-12(13(20)6-7-15(17)26-4)10-21-14(18(24)25)8-9-28-5/h6-7,14,21H,8-11H2,1-5H3,(H,22,23)(H,24,25). The molecule has 0 spiro atoms. The highest BCUT2D eigenvalue weighted by Crippen LogP contribution is 2.36. The quantitative estimate of drug-likeness (QED) is 0.451. The van der Waals surface area contributed by atoms with Gasteiger partial charge in [0.05, 0.1) is 7.11 Å². The third-order valence-electron chi connectivity index (χ3n) is 3.68. The van der Waals surface area contributed by atoms with E-state index in [2.05, 4.69) is 26.6 Å². The molecule has 0 saturated carbocycles. The van der Waals surface area contributed by atoms with E-state index in [1.807, 2.05) is 27.0 Å². The Morgan fingerprint density at radius 1 is 1.32 bits per heavy atom. The molecule has 0 aliphatic carbocycles. The summed E-state index contributed by atoms with van der Waals surface area (Å²) < 4.78 is 11.9. The molecule has 0 fully saturated rings. The topological polar surface area (TPSA) is 96.9 Å². The molecule has 1 aromatic carbocycles. The lowest BCUT2D eigenvalue weighted by molar-refractivity contribution is -0.139. The van der Waals surface area contributed by atoms with Crippen LogP contribution in [0.15, 0.2) is 16.6 Å². The Bertz CT molecular complexity index is 679. The van der Waals surface area contributed by atoms with Crippen LogP contribution in [0, 0.1) is 0 Å². The number of amides is 1. The molecule has 158 valence electrons. The van der Waals surface area contributed by atoms with Gasteiger partial charge in [0.2, 0.25) is 0 Å². The molecule has 0 aliphatic heterocycles. The lowest BCUT2D eigenvalue weighted by Gasteiger charge is -2.22. The average molecular weight is 477 g/mol. The number of hydrogen-bond acceptors (Lipinski definition) is 6. The molecule has 1 atom stereocenters. The average Bonchev–Trinajstić information content (AvgIpc) is 2.59. The number of methoxy groups -OCH3 is 1. The highest BCUT2D eigenvalue weighted by molar-refractivity contribution is 9.10. The molecule has 1 amide bonds. The van der Waals surface area contributed by atoms with Crippen molar-refractivity contribution in [2.45, 2.75) is 45.3 Å². The second-order valence-electron chi connectivity index (χ2n) is 7.20. The highest BCUT2D eigenvalue weighted by Gasteiger charge is 2.21. The largest absolute Gasteiger partial charge is 0.493 e. The molecule has 7 nitrogen and oxygen atoms in total. The first kappa shape index (κ1) is 24.6. The van der Waals surface area contributed by atoms with E-state index in [4.69, 9.17) is 9.47 Å². The summed E-state index contributed by atoms with van der Waals surface area (Å²) in [5, 5.41) is 15.3. The molecule has 1 rings (SSSR count). The molecule has 1 unspecified atom stereocenters. The first-order valence-electron chi connectivity index (χ1n) is 8.83. The number of benzene rings is 1. The number of carboxylic acid groups (broad SMARTS) is 1. The summed E-state index contributed by atoms with van der Waals surface area (Å²) in [5.41, 5.74) is 0.330. The van der Waals surface area contributed by atoms with Crippen LogP contribution >= 0.6 is 27.7 Å². The van der Waals surface area contributed by atoms with Gasteiger partial charge < -0.3 is 25.2 Å². The van der Waals surface area contributed by atoms with Gasteiger partial charge >= 0.3 is 5.97 Å². The van der Waals surface area contributed by atoms with E-state index in [1.54, 1.807) is 23.9 Å². The molecule has 1 aromatic rings. The van der Waals surface area contributed by atoms with Crippen molar-refractivity contribution in [2.75, 3.05) is 25.7 Å². The fourth-order valence-electron chi connectivity index (χ4n) is 2.43. The summed E-state index contributed by atoms with van der Waals surface area (Å²) in [7, 11) is 1.51. The van der Waals surface area contributed by atoms with E-state index in [0.717, 1.165) is 10.2 Å². The van der Waals surface area contributed by atoms with Gasteiger partial charge in [-0.15, -0.1) is 0 Å². The molecule has 0 radical (unpaired) electrons. The second-order valence-corrected chi connectivity index (χ2v) is 9.04. The van der Waals surface area contributed by atoms with Crippen LogP contribution in [0.4, 0.5) is 0 Å². The van der Waals surface area contributed by atoms with Crippen molar-refractivity contribution < 1.29 is 24.2 Å². The number of carbonyl (C=O) groups excluding carboxylic acids is 1. The Labute approximate surface area is 179 Å². The number of hydrogen-bond donors (Lipinski definition) is 3. The zero-order valence-corrected chi connectivity index (χ0v) is 19.3. The van der Waals surface area contributed by atoms with E-state index >= 15 is 0 Å². The van der Waals surface area contributed by atoms with E-state index in [0.29, 0.717) is 23.5 Å². The van der Waals surface area contributed by atoms with Gasteiger partial charge in [-0.2, -0.15) is 11.8 Å². The zero-order chi connectivity index (χ0) is 21.3. The maximum atomic E-state index is 12.1. The molecule has 28 heavy (non-hydrogen) atoms. The van der Waals surface area contributed by atoms with Gasteiger partial charge in [-0.25, -0.2) is 0 Å². The predicted octanol–water partition coefficient (Wildman–Crippen LogP) is 3.05. The summed E-state index contributed by atoms with van der Waals surface area (Å²) in [6, 6.07) is 2.85. The monoisotopic (exact) mass is 476 g/mol. The van der Waals surface area contributed by atoms with Crippen LogP contribution in [0.2, 0.25) is 0 Å². The Hall–Kier alpha value is -1.45. The minimum atomic E-state index is -0.903. The fourth-order valence-corrected chi connectivity index (χ4v) is 3.36. The molecular formula is C19H29BrN2O5S. The first-order valence-corrected chi connectivity index (χ1v) is 11.0. The van der Waals surface area contributed by atoms with E-state index < -0.39 is 12.0 Å². The summed E-state index contributed by atoms with van der Waals surface area (Å²) in [4.78, 5) is 23.6. The summed E-state index contributed by atoms with van der Waals surface area (Å²) >= 11 is 5.07. The van der Waals surface area contributed by atoms with E-state index in [1.165, 1.54) is 7.11 Å². The Morgan fingerprint density at radius 2 is 2.00 bits per heavy atom. The minimum Gasteiger partial charge on any atom is -0.493 e. The summed E-state index contributed by atoms with van der Waals surface area (Å²) in [6.07, 6.45) is 2.44. The van der Waals surface area contributed by atoms with Crippen LogP contribution in [0.1, 0.15) is 32.8 Å². The van der Waals surface area contributed by atoms with Gasteiger partial charge in [0.25, 0.3) is 5.91 Å². The number of aliphatic carboxylic acids is 1. The van der Waals surface area contributed by atoms with Crippen LogP contribution in [0.5, 0.6) is 11.5 Å². The molecule has 0 saturated heterocycles. The summed E-state index contributed by atoms with van der Waals surface area (Å²) in [6.45, 7) is 5.74. The number of rotatable bonds is 11. The number of carboxylic acids is 1. The SMILES string of the molecule is COc1ccc(Br)c(CNC(CCSC)C(=O)O)c1OCC(=O)NC(C)(C)C. The van der Waals surface area contributed by atoms with Gasteiger partial charge in [-0.1, -0.05) is 15.9 Å². The van der Waals surface area contributed by atoms with Crippen molar-refractivity contribution in [3.05, 3.63) is 22.2 Å².